The van der Waals surface area contributed by atoms with Gasteiger partial charge in [-0.1, -0.05) is 13.8 Å². The van der Waals surface area contributed by atoms with Crippen molar-refractivity contribution >= 4 is 27.6 Å². The molecule has 4 aromatic rings. The number of hydrogen-bond acceptors (Lipinski definition) is 6. The average Bonchev–Trinajstić information content (AvgIpc) is 3.29. The zero-order chi connectivity index (χ0) is 26.7. The van der Waals surface area contributed by atoms with Crippen molar-refractivity contribution in [1.82, 2.24) is 19.7 Å². The van der Waals surface area contributed by atoms with Crippen molar-refractivity contribution in [3.8, 4) is 17.0 Å². The highest BCUT2D eigenvalue weighted by Crippen LogP contribution is 2.38. The van der Waals surface area contributed by atoms with Gasteiger partial charge in [-0.05, 0) is 54.3 Å². The molecule has 11 heteroatoms. The van der Waals surface area contributed by atoms with E-state index in [1.165, 1.54) is 11.8 Å². The van der Waals surface area contributed by atoms with E-state index in [9.17, 15) is 13.2 Å². The first-order valence-electron chi connectivity index (χ1n) is 11.8. The van der Waals surface area contributed by atoms with Crippen LogP contribution in [0, 0.1) is 0 Å². The maximum absolute atomic E-state index is 10.6. The summed E-state index contributed by atoms with van der Waals surface area (Å²) in [5.41, 5.74) is 4.35. The third-order valence-corrected chi connectivity index (χ3v) is 6.09. The fraction of sp³-hybridized carbons (Fsp3) is 0.385. The molecule has 0 aliphatic carbocycles. The predicted octanol–water partition coefficient (Wildman–Crippen LogP) is 6.11. The number of ether oxygens (including phenoxy) is 2. The van der Waals surface area contributed by atoms with E-state index in [0.29, 0.717) is 5.88 Å². The fourth-order valence-corrected chi connectivity index (χ4v) is 4.34. The highest BCUT2D eigenvalue weighted by atomic mass is 19.4. The van der Waals surface area contributed by atoms with E-state index in [2.05, 4.69) is 36.1 Å². The van der Waals surface area contributed by atoms with Crippen molar-refractivity contribution in [1.29, 1.82) is 0 Å². The average molecular weight is 517 g/mol. The third-order valence-electron chi connectivity index (χ3n) is 6.09. The summed E-state index contributed by atoms with van der Waals surface area (Å²) in [7, 11) is 1.64. The second-order valence-corrected chi connectivity index (χ2v) is 8.97. The van der Waals surface area contributed by atoms with Crippen LogP contribution in [-0.4, -0.2) is 50.7 Å². The van der Waals surface area contributed by atoms with Crippen molar-refractivity contribution in [3.05, 3.63) is 48.5 Å². The quantitative estimate of drug-likeness (QED) is 0.349. The molecule has 1 aromatic carbocycles. The van der Waals surface area contributed by atoms with Crippen LogP contribution >= 0.6 is 0 Å². The summed E-state index contributed by atoms with van der Waals surface area (Å²) < 4.78 is 45.1. The molecular formula is C26H27F3N4O4. The molecule has 1 atom stereocenters. The van der Waals surface area contributed by atoms with Gasteiger partial charge < -0.3 is 14.6 Å². The van der Waals surface area contributed by atoms with E-state index >= 15 is 0 Å². The van der Waals surface area contributed by atoms with Crippen molar-refractivity contribution in [2.45, 2.75) is 51.4 Å². The molecule has 1 saturated heterocycles. The van der Waals surface area contributed by atoms with Crippen LogP contribution in [0.2, 0.25) is 0 Å². The molecule has 5 rings (SSSR count). The number of pyridine rings is 2. The number of alkyl halides is 3. The number of carboxylic acid groups (broad SMARTS) is 1. The van der Waals surface area contributed by atoms with Gasteiger partial charge in [0.2, 0.25) is 5.88 Å². The fourth-order valence-electron chi connectivity index (χ4n) is 4.34. The molecule has 0 radical (unpaired) electrons. The Morgan fingerprint density at radius 1 is 1.16 bits per heavy atom. The van der Waals surface area contributed by atoms with E-state index in [1.54, 1.807) is 13.3 Å². The first-order chi connectivity index (χ1) is 17.6. The summed E-state index contributed by atoms with van der Waals surface area (Å²) >= 11 is 0. The number of hydrogen-bond donors (Lipinski definition) is 1. The largest absolute Gasteiger partial charge is 0.490 e. The summed E-state index contributed by atoms with van der Waals surface area (Å²) in [6.45, 7) is 5.15. The standard InChI is InChI=1S/C24H26N4O2.C2HF3O2/c1-15(2)24-23(16-7-8-25-21(12-16)29-3)19-10-18-14-27-28(22-6-4-5-9-30-22)20(18)11-17(19)13-26-24;3-2(4,5)1(6)7/h7-8,10-15,22H,4-6,9H2,1-3H3;(H,6,7). The van der Waals surface area contributed by atoms with Crippen LogP contribution in [0.5, 0.6) is 5.88 Å². The van der Waals surface area contributed by atoms with Crippen LogP contribution in [-0.2, 0) is 9.53 Å². The second kappa shape index (κ2) is 10.7. The lowest BCUT2D eigenvalue weighted by Gasteiger charge is -2.23. The number of carboxylic acids is 1. The summed E-state index contributed by atoms with van der Waals surface area (Å²) in [6.07, 6.45) is 3.94. The number of aromatic nitrogens is 4. The van der Waals surface area contributed by atoms with Crippen LogP contribution in [0.1, 0.15) is 50.9 Å². The van der Waals surface area contributed by atoms with Gasteiger partial charge in [0.15, 0.2) is 6.23 Å². The number of carbonyl (C=O) groups is 1. The van der Waals surface area contributed by atoms with Crippen LogP contribution < -0.4 is 4.74 Å². The van der Waals surface area contributed by atoms with Gasteiger partial charge in [-0.2, -0.15) is 18.3 Å². The van der Waals surface area contributed by atoms with Gasteiger partial charge >= 0.3 is 12.1 Å². The highest BCUT2D eigenvalue weighted by molar-refractivity contribution is 6.04. The molecule has 1 aliphatic heterocycles. The lowest BCUT2D eigenvalue weighted by molar-refractivity contribution is -0.192. The Hall–Kier alpha value is -3.73. The number of methoxy groups -OCH3 is 1. The van der Waals surface area contributed by atoms with Gasteiger partial charge in [-0.25, -0.2) is 14.5 Å². The Morgan fingerprint density at radius 3 is 2.54 bits per heavy atom. The SMILES string of the molecule is COc1cc(-c2c(C(C)C)ncc3cc4c(cnn4C4CCCCO4)cc23)ccn1.O=C(O)C(F)(F)F. The van der Waals surface area contributed by atoms with Crippen LogP contribution in [0.25, 0.3) is 32.8 Å². The number of benzene rings is 1. The molecule has 1 aliphatic rings. The van der Waals surface area contributed by atoms with Crippen molar-refractivity contribution in [3.63, 3.8) is 0 Å². The molecule has 1 fully saturated rings. The molecule has 0 amide bonds. The van der Waals surface area contributed by atoms with E-state index in [4.69, 9.17) is 24.4 Å². The monoisotopic (exact) mass is 516 g/mol. The van der Waals surface area contributed by atoms with Gasteiger partial charge in [0.05, 0.1) is 24.5 Å². The summed E-state index contributed by atoms with van der Waals surface area (Å²) in [4.78, 5) is 18.0. The van der Waals surface area contributed by atoms with E-state index in [-0.39, 0.29) is 12.1 Å². The van der Waals surface area contributed by atoms with Crippen molar-refractivity contribution in [2.24, 2.45) is 0 Å². The highest BCUT2D eigenvalue weighted by Gasteiger charge is 2.38. The zero-order valence-corrected chi connectivity index (χ0v) is 20.6. The van der Waals surface area contributed by atoms with Gasteiger partial charge in [-0.3, -0.25) is 4.98 Å². The Labute approximate surface area is 211 Å². The first kappa shape index (κ1) is 26.3. The smallest absolute Gasteiger partial charge is 0.481 e. The lowest BCUT2D eigenvalue weighted by atomic mass is 9.93. The topological polar surface area (TPSA) is 99.4 Å². The predicted molar refractivity (Wildman–Crippen MR) is 131 cm³/mol. The molecule has 0 bridgehead atoms. The minimum absolute atomic E-state index is 0.0144. The second-order valence-electron chi connectivity index (χ2n) is 8.97. The van der Waals surface area contributed by atoms with Crippen molar-refractivity contribution < 1.29 is 32.5 Å². The number of aliphatic carboxylic acids is 1. The number of rotatable bonds is 4. The minimum Gasteiger partial charge on any atom is -0.481 e. The van der Waals surface area contributed by atoms with Gasteiger partial charge in [0.25, 0.3) is 0 Å². The molecule has 37 heavy (non-hydrogen) atoms. The van der Waals surface area contributed by atoms with Gasteiger partial charge in [0, 0.05) is 41.4 Å². The number of fused-ring (bicyclic) bond motifs is 2. The van der Waals surface area contributed by atoms with Crippen LogP contribution in [0.15, 0.2) is 42.9 Å². The van der Waals surface area contributed by atoms with Crippen molar-refractivity contribution in [2.75, 3.05) is 13.7 Å². The van der Waals surface area contributed by atoms with Gasteiger partial charge in [-0.15, -0.1) is 0 Å². The van der Waals surface area contributed by atoms with E-state index < -0.39 is 12.1 Å². The summed E-state index contributed by atoms with van der Waals surface area (Å²) in [6, 6.07) is 8.42. The molecule has 0 saturated carbocycles. The molecule has 1 unspecified atom stereocenters. The molecule has 1 N–H and O–H groups in total. The Bertz CT molecular complexity index is 1410. The van der Waals surface area contributed by atoms with E-state index in [0.717, 1.165) is 52.6 Å². The Balaban J connectivity index is 0.000000405. The molecular weight excluding hydrogens is 489 g/mol. The number of nitrogens with zero attached hydrogens (tertiary/aromatic N) is 4. The van der Waals surface area contributed by atoms with E-state index in [1.807, 2.05) is 29.2 Å². The Kier molecular flexibility index (Phi) is 7.63. The lowest BCUT2D eigenvalue weighted by Crippen LogP contribution is -2.21. The Morgan fingerprint density at radius 2 is 1.92 bits per heavy atom. The normalized spacial score (nSPS) is 16.0. The molecule has 4 heterocycles. The summed E-state index contributed by atoms with van der Waals surface area (Å²) in [5.74, 6) is -1.87. The maximum Gasteiger partial charge on any atom is 0.490 e. The minimum atomic E-state index is -5.08. The third kappa shape index (κ3) is 5.66. The molecule has 196 valence electrons. The first-order valence-corrected chi connectivity index (χ1v) is 11.8. The van der Waals surface area contributed by atoms with Gasteiger partial charge in [0.1, 0.15) is 0 Å². The molecule has 0 spiro atoms. The molecule has 8 nitrogen and oxygen atoms in total. The van der Waals surface area contributed by atoms with Crippen LogP contribution in [0.4, 0.5) is 13.2 Å². The molecule has 3 aromatic heterocycles. The summed E-state index contributed by atoms with van der Waals surface area (Å²) in [5, 5.41) is 15.2. The maximum atomic E-state index is 10.6. The number of halogens is 3. The zero-order valence-electron chi connectivity index (χ0n) is 20.6. The van der Waals surface area contributed by atoms with Crippen LogP contribution in [0.3, 0.4) is 0 Å².